The minimum absolute atomic E-state index is 0.00172. The van der Waals surface area contributed by atoms with Gasteiger partial charge >= 0.3 is 0 Å². The van der Waals surface area contributed by atoms with Crippen molar-refractivity contribution in [2.45, 2.75) is 26.7 Å². The monoisotopic (exact) mass is 376 g/mol. The number of nitrogens with zero attached hydrogens (tertiary/aromatic N) is 2. The lowest BCUT2D eigenvalue weighted by atomic mass is 9.95. The van der Waals surface area contributed by atoms with E-state index in [9.17, 15) is 9.59 Å². The molecule has 1 aromatic carbocycles. The van der Waals surface area contributed by atoms with Gasteiger partial charge in [0.15, 0.2) is 5.13 Å². The number of carbonyl (C=O) groups excluding carboxylic acids is 2. The molecule has 0 bridgehead atoms. The molecular formula is C18H24N4O3S. The van der Waals surface area contributed by atoms with Crippen LogP contribution in [0.25, 0.3) is 10.2 Å². The highest BCUT2D eigenvalue weighted by Gasteiger charge is 2.27. The number of aryl methyl sites for hydroxylation is 1. The number of thiazole rings is 1. The molecule has 1 aromatic heterocycles. The van der Waals surface area contributed by atoms with Crippen LogP contribution >= 0.6 is 11.3 Å². The van der Waals surface area contributed by atoms with Crippen molar-refractivity contribution in [3.05, 3.63) is 17.7 Å². The molecule has 2 aromatic rings. The summed E-state index contributed by atoms with van der Waals surface area (Å²) in [6.45, 7) is 5.65. The lowest BCUT2D eigenvalue weighted by Crippen LogP contribution is -2.42. The molecule has 0 aliphatic carbocycles. The maximum atomic E-state index is 12.6. The van der Waals surface area contributed by atoms with Crippen molar-refractivity contribution in [1.82, 2.24) is 9.88 Å². The van der Waals surface area contributed by atoms with Gasteiger partial charge in [-0.1, -0.05) is 11.3 Å². The van der Waals surface area contributed by atoms with Gasteiger partial charge < -0.3 is 20.7 Å². The number of nitrogen functional groups attached to an aromatic ring is 1. The number of fused-ring (bicyclic) bond motifs is 1. The standard InChI is InChI=1S/C18H24N4O3S/c1-3-25-10-15(23)22-6-4-12(5-7-22)17(24)20-13-8-11(2)16-14(9-13)26-18(19)21-16/h8-9,12H,3-7,10H2,1-2H3,(H2,19,21)(H,20,24). The Bertz CT molecular complexity index is 812. The fourth-order valence-electron chi connectivity index (χ4n) is 3.20. The van der Waals surface area contributed by atoms with Crippen molar-refractivity contribution in [2.75, 3.05) is 37.4 Å². The summed E-state index contributed by atoms with van der Waals surface area (Å²) < 4.78 is 6.13. The number of nitrogens with two attached hydrogens (primary N) is 1. The van der Waals surface area contributed by atoms with Crippen LogP contribution in [0.1, 0.15) is 25.3 Å². The van der Waals surface area contributed by atoms with Gasteiger partial charge in [0, 0.05) is 31.3 Å². The van der Waals surface area contributed by atoms with E-state index in [1.54, 1.807) is 4.90 Å². The van der Waals surface area contributed by atoms with Gasteiger partial charge in [0.2, 0.25) is 11.8 Å². The summed E-state index contributed by atoms with van der Waals surface area (Å²) in [6.07, 6.45) is 1.33. The molecule has 140 valence electrons. The Labute approximate surface area is 156 Å². The predicted octanol–water partition coefficient (Wildman–Crippen LogP) is 2.40. The zero-order chi connectivity index (χ0) is 18.7. The molecule has 1 fully saturated rings. The van der Waals surface area contributed by atoms with E-state index >= 15 is 0 Å². The van der Waals surface area contributed by atoms with E-state index in [4.69, 9.17) is 10.5 Å². The zero-order valence-corrected chi connectivity index (χ0v) is 15.9. The Morgan fingerprint density at radius 3 is 2.81 bits per heavy atom. The molecule has 1 saturated heterocycles. The van der Waals surface area contributed by atoms with Crippen LogP contribution in [0.4, 0.5) is 10.8 Å². The molecule has 0 saturated carbocycles. The molecule has 7 nitrogen and oxygen atoms in total. The second-order valence-corrected chi connectivity index (χ2v) is 7.54. The van der Waals surface area contributed by atoms with E-state index in [1.807, 2.05) is 26.0 Å². The average Bonchev–Trinajstić information content (AvgIpc) is 3.00. The van der Waals surface area contributed by atoms with Crippen molar-refractivity contribution >= 4 is 44.2 Å². The van der Waals surface area contributed by atoms with E-state index in [2.05, 4.69) is 10.3 Å². The van der Waals surface area contributed by atoms with Crippen LogP contribution in [0.3, 0.4) is 0 Å². The fraction of sp³-hybridized carbons (Fsp3) is 0.500. The largest absolute Gasteiger partial charge is 0.375 e. The van der Waals surface area contributed by atoms with Crippen molar-refractivity contribution < 1.29 is 14.3 Å². The minimum atomic E-state index is -0.0892. The van der Waals surface area contributed by atoms with Crippen molar-refractivity contribution in [1.29, 1.82) is 0 Å². The molecule has 0 atom stereocenters. The molecule has 0 radical (unpaired) electrons. The van der Waals surface area contributed by atoms with Crippen molar-refractivity contribution in [3.8, 4) is 0 Å². The number of carbonyl (C=O) groups is 2. The minimum Gasteiger partial charge on any atom is -0.375 e. The summed E-state index contributed by atoms with van der Waals surface area (Å²) in [4.78, 5) is 30.6. The second-order valence-electron chi connectivity index (χ2n) is 6.47. The lowest BCUT2D eigenvalue weighted by molar-refractivity contribution is -0.138. The normalized spacial score (nSPS) is 15.4. The molecule has 1 aliphatic rings. The first-order valence-corrected chi connectivity index (χ1v) is 9.62. The first-order chi connectivity index (χ1) is 12.5. The smallest absolute Gasteiger partial charge is 0.248 e. The van der Waals surface area contributed by atoms with Gasteiger partial charge in [0.1, 0.15) is 6.61 Å². The molecule has 3 N–H and O–H groups in total. The lowest BCUT2D eigenvalue weighted by Gasteiger charge is -2.31. The number of hydrogen-bond donors (Lipinski definition) is 2. The zero-order valence-electron chi connectivity index (χ0n) is 15.1. The number of anilines is 2. The number of piperidine rings is 1. The van der Waals surface area contributed by atoms with Gasteiger partial charge in [0.25, 0.3) is 0 Å². The number of nitrogens with one attached hydrogen (secondary N) is 1. The quantitative estimate of drug-likeness (QED) is 0.835. The first kappa shape index (κ1) is 18.6. The third kappa shape index (κ3) is 4.13. The Morgan fingerprint density at radius 1 is 1.38 bits per heavy atom. The highest BCUT2D eigenvalue weighted by molar-refractivity contribution is 7.22. The molecule has 3 rings (SSSR count). The molecule has 8 heteroatoms. The first-order valence-electron chi connectivity index (χ1n) is 8.81. The average molecular weight is 376 g/mol. The van der Waals surface area contributed by atoms with Crippen LogP contribution in [0.2, 0.25) is 0 Å². The predicted molar refractivity (Wildman–Crippen MR) is 103 cm³/mol. The van der Waals surface area contributed by atoms with Gasteiger partial charge in [0.05, 0.1) is 10.2 Å². The molecule has 2 amide bonds. The van der Waals surface area contributed by atoms with Crippen LogP contribution in [0.5, 0.6) is 0 Å². The van der Waals surface area contributed by atoms with Gasteiger partial charge in [-0.3, -0.25) is 9.59 Å². The van der Waals surface area contributed by atoms with Gasteiger partial charge in [-0.05, 0) is 44.4 Å². The number of likely N-dealkylation sites (tertiary alicyclic amines) is 1. The van der Waals surface area contributed by atoms with E-state index in [0.717, 1.165) is 21.5 Å². The van der Waals surface area contributed by atoms with Gasteiger partial charge in [-0.15, -0.1) is 0 Å². The Kier molecular flexibility index (Phi) is 5.73. The fourth-order valence-corrected chi connectivity index (χ4v) is 4.05. The third-order valence-corrected chi connectivity index (χ3v) is 5.45. The number of ether oxygens (including phenoxy) is 1. The molecule has 2 heterocycles. The Balaban J connectivity index is 1.58. The Hall–Kier alpha value is -2.19. The van der Waals surface area contributed by atoms with Crippen LogP contribution < -0.4 is 11.1 Å². The summed E-state index contributed by atoms with van der Waals surface area (Å²) in [6, 6.07) is 3.83. The van der Waals surface area contributed by atoms with E-state index in [1.165, 1.54) is 11.3 Å². The molecule has 1 aliphatic heterocycles. The summed E-state index contributed by atoms with van der Waals surface area (Å²) in [7, 11) is 0. The van der Waals surface area contributed by atoms with Crippen LogP contribution in [-0.4, -0.2) is 48.0 Å². The van der Waals surface area contributed by atoms with Crippen LogP contribution in [0, 0.1) is 12.8 Å². The third-order valence-electron chi connectivity index (χ3n) is 4.62. The van der Waals surface area contributed by atoms with Gasteiger partial charge in [-0.2, -0.15) is 0 Å². The molecule has 0 spiro atoms. The number of aromatic nitrogens is 1. The summed E-state index contributed by atoms with van der Waals surface area (Å²) in [5.74, 6) is -0.0959. The number of amides is 2. The maximum absolute atomic E-state index is 12.6. The maximum Gasteiger partial charge on any atom is 0.248 e. The molecular weight excluding hydrogens is 352 g/mol. The molecule has 26 heavy (non-hydrogen) atoms. The van der Waals surface area contributed by atoms with Crippen LogP contribution in [-0.2, 0) is 14.3 Å². The highest BCUT2D eigenvalue weighted by atomic mass is 32.1. The van der Waals surface area contributed by atoms with E-state index < -0.39 is 0 Å². The van der Waals surface area contributed by atoms with Crippen LogP contribution in [0.15, 0.2) is 12.1 Å². The number of benzene rings is 1. The second kappa shape index (κ2) is 8.01. The molecule has 0 unspecified atom stereocenters. The van der Waals surface area contributed by atoms with Crippen molar-refractivity contribution in [2.24, 2.45) is 5.92 Å². The SMILES string of the molecule is CCOCC(=O)N1CCC(C(=O)Nc2cc(C)c3nc(N)sc3c2)CC1. The Morgan fingerprint density at radius 2 is 2.12 bits per heavy atom. The summed E-state index contributed by atoms with van der Waals surface area (Å²) in [5.41, 5.74) is 8.41. The topological polar surface area (TPSA) is 97.5 Å². The van der Waals surface area contributed by atoms with E-state index in [0.29, 0.717) is 37.7 Å². The summed E-state index contributed by atoms with van der Waals surface area (Å²) >= 11 is 1.41. The summed E-state index contributed by atoms with van der Waals surface area (Å²) in [5, 5.41) is 3.53. The van der Waals surface area contributed by atoms with Gasteiger partial charge in [-0.25, -0.2) is 4.98 Å². The van der Waals surface area contributed by atoms with E-state index in [-0.39, 0.29) is 24.3 Å². The highest BCUT2D eigenvalue weighted by Crippen LogP contribution is 2.30. The number of rotatable bonds is 5. The van der Waals surface area contributed by atoms with Crippen molar-refractivity contribution in [3.63, 3.8) is 0 Å². The number of hydrogen-bond acceptors (Lipinski definition) is 6.